The quantitative estimate of drug-likeness (QED) is 0.0911. The van der Waals surface area contributed by atoms with Crippen LogP contribution in [-0.2, 0) is 23.8 Å². The van der Waals surface area contributed by atoms with Crippen LogP contribution in [0.2, 0.25) is 0 Å². The molecule has 1 aromatic heterocycles. The number of anilines is 1. The number of aryl methyl sites for hydroxylation is 1. The van der Waals surface area contributed by atoms with Gasteiger partial charge in [0.15, 0.2) is 5.00 Å². The molecule has 262 valence electrons. The Bertz CT molecular complexity index is 1450. The fourth-order valence-corrected chi connectivity index (χ4v) is 5.32. The molecule has 15 heteroatoms. The first-order chi connectivity index (χ1) is 22.9. The fourth-order valence-electron chi connectivity index (χ4n) is 4.44. The zero-order valence-corrected chi connectivity index (χ0v) is 29.4. The van der Waals surface area contributed by atoms with E-state index >= 15 is 0 Å². The van der Waals surface area contributed by atoms with Crippen LogP contribution in [0.1, 0.15) is 34.4 Å². The van der Waals surface area contributed by atoms with Crippen LogP contribution in [0.15, 0.2) is 28.4 Å². The molecule has 0 aliphatic rings. The highest BCUT2D eigenvalue weighted by molar-refractivity contribution is 7.16. The van der Waals surface area contributed by atoms with Gasteiger partial charge in [-0.05, 0) is 50.2 Å². The summed E-state index contributed by atoms with van der Waals surface area (Å²) in [6.45, 7) is 9.94. The van der Waals surface area contributed by atoms with E-state index in [0.29, 0.717) is 110 Å². The lowest BCUT2D eigenvalue weighted by Gasteiger charge is -2.29. The maximum absolute atomic E-state index is 10.8. The average molecular weight is 687 g/mol. The van der Waals surface area contributed by atoms with Crippen molar-refractivity contribution in [1.82, 2.24) is 4.90 Å². The lowest BCUT2D eigenvalue weighted by atomic mass is 10.1. The van der Waals surface area contributed by atoms with Crippen molar-refractivity contribution >= 4 is 39.7 Å². The Morgan fingerprint density at radius 1 is 0.854 bits per heavy atom. The monoisotopic (exact) mass is 686 g/mol. The fraction of sp³-hybridized carbons (Fsp3) is 0.576. The number of ether oxygens (including phenoxy) is 3. The van der Waals surface area contributed by atoms with E-state index in [1.54, 1.807) is 6.92 Å². The highest BCUT2D eigenvalue weighted by atomic mass is 32.1. The summed E-state index contributed by atoms with van der Waals surface area (Å²) in [5, 5.41) is 45.7. The third-order valence-electron chi connectivity index (χ3n) is 7.62. The zero-order chi connectivity index (χ0) is 35.5. The van der Waals surface area contributed by atoms with E-state index in [0.717, 1.165) is 22.6 Å². The van der Waals surface area contributed by atoms with Gasteiger partial charge in [0.05, 0.1) is 84.4 Å². The predicted molar refractivity (Wildman–Crippen MR) is 182 cm³/mol. The number of quaternary nitrogens is 1. The number of azo groups is 1. The third kappa shape index (κ3) is 14.9. The van der Waals surface area contributed by atoms with Gasteiger partial charge >= 0.3 is 11.9 Å². The van der Waals surface area contributed by atoms with Crippen LogP contribution in [0.25, 0.3) is 0 Å². The first kappa shape index (κ1) is 40.2. The van der Waals surface area contributed by atoms with E-state index in [4.69, 9.17) is 24.4 Å². The Kier molecular flexibility index (Phi) is 17.7. The molecule has 0 atom stereocenters. The predicted octanol–water partition coefficient (Wildman–Crippen LogP) is 4.34. The summed E-state index contributed by atoms with van der Waals surface area (Å²) in [5.74, 6) is -1.63. The lowest BCUT2D eigenvalue weighted by Crippen LogP contribution is -2.43. The molecule has 2 aromatic rings. The first-order valence-electron chi connectivity index (χ1n) is 15.7. The number of carboxylic acids is 2. The van der Waals surface area contributed by atoms with Crippen LogP contribution in [-0.4, -0.2) is 132 Å². The molecule has 1 heterocycles. The molecular formula is C33H48N7O7S+. The molecule has 0 aliphatic carbocycles. The molecule has 0 aliphatic heterocycles. The van der Waals surface area contributed by atoms with Gasteiger partial charge in [0, 0.05) is 31.9 Å². The van der Waals surface area contributed by atoms with Crippen molar-refractivity contribution < 1.29 is 38.5 Å². The van der Waals surface area contributed by atoms with Gasteiger partial charge in [-0.3, -0.25) is 9.59 Å². The molecule has 0 amide bonds. The van der Waals surface area contributed by atoms with Gasteiger partial charge in [-0.1, -0.05) is 0 Å². The summed E-state index contributed by atoms with van der Waals surface area (Å²) in [6.07, 6.45) is 0.206. The normalized spacial score (nSPS) is 11.6. The van der Waals surface area contributed by atoms with Crippen LogP contribution in [0, 0.1) is 36.5 Å². The molecule has 2 rings (SSSR count). The number of nitriles is 2. The smallest absolute Gasteiger partial charge is 0.309 e. The molecule has 0 saturated carbocycles. The highest BCUT2D eigenvalue weighted by Gasteiger charge is 2.17. The standard InChI is InChI=1S/C33H47N7O7S/c1-25-22-27(6-7-29(25)36-37-33-28(23-34)26(2)30(24-35)48-33)39(12-17-45-16-11-38(3)10-8-31(41)42)13-18-46-20-21-47-19-15-40(4,5)14-9-32(43)44/h6-7,22H,8-21H2,1-5H3,(H-,41,42,43,44)/p+1/b37-36+. The summed E-state index contributed by atoms with van der Waals surface area (Å²) >= 11 is 1.15. The van der Waals surface area contributed by atoms with Gasteiger partial charge in [0.1, 0.15) is 23.6 Å². The number of aliphatic carboxylic acids is 2. The van der Waals surface area contributed by atoms with Gasteiger partial charge in [-0.2, -0.15) is 10.5 Å². The van der Waals surface area contributed by atoms with Gasteiger partial charge in [0.25, 0.3) is 0 Å². The molecule has 2 N–H and O–H groups in total. The van der Waals surface area contributed by atoms with E-state index in [2.05, 4.69) is 27.3 Å². The molecule has 0 spiro atoms. The molecule has 0 unspecified atom stereocenters. The molecule has 0 bridgehead atoms. The van der Waals surface area contributed by atoms with E-state index in [9.17, 15) is 20.1 Å². The Labute approximate surface area is 286 Å². The van der Waals surface area contributed by atoms with Gasteiger partial charge in [-0.15, -0.1) is 21.6 Å². The molecule has 0 fully saturated rings. The number of likely N-dealkylation sites (N-methyl/N-ethyl adjacent to an activating group) is 2. The molecule has 0 saturated heterocycles. The minimum absolute atomic E-state index is 0.0849. The summed E-state index contributed by atoms with van der Waals surface area (Å²) in [5.41, 5.74) is 3.45. The minimum atomic E-state index is -0.826. The van der Waals surface area contributed by atoms with Crippen molar-refractivity contribution in [2.24, 2.45) is 10.2 Å². The highest BCUT2D eigenvalue weighted by Crippen LogP contribution is 2.36. The summed E-state index contributed by atoms with van der Waals surface area (Å²) in [7, 11) is 5.83. The maximum Gasteiger partial charge on any atom is 0.309 e. The van der Waals surface area contributed by atoms with Crippen LogP contribution in [0.5, 0.6) is 0 Å². The van der Waals surface area contributed by atoms with Crippen LogP contribution in [0.4, 0.5) is 16.4 Å². The zero-order valence-electron chi connectivity index (χ0n) is 28.6. The molecule has 48 heavy (non-hydrogen) atoms. The average Bonchev–Trinajstić information content (AvgIpc) is 3.36. The number of hydrogen-bond acceptors (Lipinski definition) is 12. The Morgan fingerprint density at radius 2 is 1.48 bits per heavy atom. The molecular weight excluding hydrogens is 638 g/mol. The molecule has 0 radical (unpaired) electrons. The van der Waals surface area contributed by atoms with Crippen LogP contribution < -0.4 is 4.90 Å². The molecule has 14 nitrogen and oxygen atoms in total. The SMILES string of the molecule is Cc1cc(N(CCOCCOCC[N+](C)(C)CCC(=O)O)CCOCCN(C)CCC(=O)O)ccc1/N=N/c1sc(C#N)c(C)c1C#N. The lowest BCUT2D eigenvalue weighted by molar-refractivity contribution is -0.890. The summed E-state index contributed by atoms with van der Waals surface area (Å²) in [6, 6.07) is 10.0. The maximum atomic E-state index is 10.8. The second-order valence-corrected chi connectivity index (χ2v) is 12.9. The first-order valence-corrected chi connectivity index (χ1v) is 16.6. The van der Waals surface area contributed by atoms with E-state index in [-0.39, 0.29) is 12.8 Å². The second-order valence-electron chi connectivity index (χ2n) is 11.9. The number of carbonyl (C=O) groups is 2. The van der Waals surface area contributed by atoms with Crippen molar-refractivity contribution in [3.8, 4) is 12.1 Å². The van der Waals surface area contributed by atoms with Crippen molar-refractivity contribution in [3.05, 3.63) is 39.8 Å². The molecule has 1 aromatic carbocycles. The summed E-state index contributed by atoms with van der Waals surface area (Å²) in [4.78, 5) is 26.2. The number of nitrogens with zero attached hydrogens (tertiary/aromatic N) is 7. The van der Waals surface area contributed by atoms with Crippen LogP contribution in [0.3, 0.4) is 0 Å². The minimum Gasteiger partial charge on any atom is -0.481 e. The number of benzene rings is 1. The Hall–Kier alpha value is -3.96. The topological polar surface area (TPSA) is 181 Å². The van der Waals surface area contributed by atoms with Crippen molar-refractivity contribution in [2.75, 3.05) is 105 Å². The van der Waals surface area contributed by atoms with Crippen molar-refractivity contribution in [2.45, 2.75) is 26.7 Å². The second kappa shape index (κ2) is 21.1. The number of thiophene rings is 1. The number of hydrogen-bond donors (Lipinski definition) is 2. The van der Waals surface area contributed by atoms with Crippen molar-refractivity contribution in [1.29, 1.82) is 10.5 Å². The van der Waals surface area contributed by atoms with E-state index in [1.165, 1.54) is 0 Å². The number of carboxylic acid groups (broad SMARTS) is 2. The third-order valence-corrected chi connectivity index (χ3v) is 8.70. The summed E-state index contributed by atoms with van der Waals surface area (Å²) < 4.78 is 18.0. The largest absolute Gasteiger partial charge is 0.481 e. The van der Waals surface area contributed by atoms with E-state index < -0.39 is 11.9 Å². The number of rotatable bonds is 24. The van der Waals surface area contributed by atoms with E-state index in [1.807, 2.05) is 51.2 Å². The van der Waals surface area contributed by atoms with Gasteiger partial charge < -0.3 is 38.7 Å². The van der Waals surface area contributed by atoms with Gasteiger partial charge in [0.2, 0.25) is 0 Å². The van der Waals surface area contributed by atoms with Crippen LogP contribution >= 0.6 is 11.3 Å². The van der Waals surface area contributed by atoms with Gasteiger partial charge in [-0.25, -0.2) is 0 Å². The Balaban J connectivity index is 1.96. The van der Waals surface area contributed by atoms with Crippen molar-refractivity contribution in [3.63, 3.8) is 0 Å². The Morgan fingerprint density at radius 3 is 2.08 bits per heavy atom.